The van der Waals surface area contributed by atoms with Crippen molar-refractivity contribution in [2.75, 3.05) is 11.1 Å². The lowest BCUT2D eigenvalue weighted by atomic mass is 9.91. The monoisotopic (exact) mass is 592 g/mol. The number of para-hydroxylation sites is 1. The predicted molar refractivity (Wildman–Crippen MR) is 160 cm³/mol. The lowest BCUT2D eigenvalue weighted by molar-refractivity contribution is -0.268. The number of rotatable bonds is 11. The molecule has 2 heterocycles. The minimum Gasteiger partial charge on any atom is -0.481 e. The van der Waals surface area contributed by atoms with Crippen molar-refractivity contribution in [2.24, 2.45) is 5.92 Å². The molecule has 0 spiro atoms. The summed E-state index contributed by atoms with van der Waals surface area (Å²) >= 11 is 3.34. The number of carbonyl (C=O) groups is 2. The fraction of sp³-hybridized carbons (Fsp3) is 0.323. The van der Waals surface area contributed by atoms with Gasteiger partial charge in [-0.25, -0.2) is 4.98 Å². The number of thiazole rings is 1. The normalized spacial score (nSPS) is 20.6. The van der Waals surface area contributed by atoms with Gasteiger partial charge in [-0.05, 0) is 41.8 Å². The lowest BCUT2D eigenvalue weighted by Crippen LogP contribution is -2.38. The maximum absolute atomic E-state index is 12.4. The number of aliphatic hydroxyl groups is 1. The number of hydrogen-bond donors (Lipinski definition) is 3. The largest absolute Gasteiger partial charge is 0.481 e. The van der Waals surface area contributed by atoms with Gasteiger partial charge in [-0.15, -0.1) is 11.3 Å². The molecule has 8 nitrogen and oxygen atoms in total. The number of amides is 1. The van der Waals surface area contributed by atoms with E-state index in [1.165, 1.54) is 0 Å². The van der Waals surface area contributed by atoms with Crippen LogP contribution in [0.2, 0.25) is 0 Å². The number of benzene rings is 3. The molecule has 0 saturated carbocycles. The Labute approximate surface area is 246 Å². The number of hydrogen-bond acceptors (Lipinski definition) is 8. The summed E-state index contributed by atoms with van der Waals surface area (Å²) in [7, 11) is 0. The van der Waals surface area contributed by atoms with E-state index in [9.17, 15) is 14.7 Å². The minimum absolute atomic E-state index is 0.0245. The molecular weight excluding hydrogens is 560 g/mol. The molecule has 41 heavy (non-hydrogen) atoms. The van der Waals surface area contributed by atoms with E-state index < -0.39 is 12.3 Å². The highest BCUT2D eigenvalue weighted by atomic mass is 32.2. The van der Waals surface area contributed by atoms with Crippen LogP contribution in [0.4, 0.5) is 5.69 Å². The van der Waals surface area contributed by atoms with Crippen LogP contribution in [0.5, 0.6) is 0 Å². The molecule has 1 fully saturated rings. The second-order valence-corrected chi connectivity index (χ2v) is 12.3. The molecule has 0 bridgehead atoms. The average Bonchev–Trinajstić information content (AvgIpc) is 3.40. The number of fused-ring (bicyclic) bond motifs is 1. The summed E-state index contributed by atoms with van der Waals surface area (Å²) in [5, 5.41) is 21.2. The molecule has 4 atom stereocenters. The first-order chi connectivity index (χ1) is 19.9. The molecule has 214 valence electrons. The summed E-state index contributed by atoms with van der Waals surface area (Å²) in [6, 6.07) is 23.2. The number of thioether (sulfide) groups is 1. The van der Waals surface area contributed by atoms with Gasteiger partial charge in [-0.2, -0.15) is 0 Å². The van der Waals surface area contributed by atoms with Gasteiger partial charge < -0.3 is 25.0 Å². The first-order valence-corrected chi connectivity index (χ1v) is 15.3. The van der Waals surface area contributed by atoms with E-state index in [-0.39, 0.29) is 49.9 Å². The number of carboxylic acid groups (broad SMARTS) is 1. The van der Waals surface area contributed by atoms with Crippen molar-refractivity contribution in [3.05, 3.63) is 89.5 Å². The Balaban J connectivity index is 1.34. The van der Waals surface area contributed by atoms with Crippen LogP contribution in [0, 0.1) is 5.92 Å². The highest BCUT2D eigenvalue weighted by Crippen LogP contribution is 2.43. The smallest absolute Gasteiger partial charge is 0.303 e. The van der Waals surface area contributed by atoms with Crippen molar-refractivity contribution in [2.45, 2.75) is 55.6 Å². The van der Waals surface area contributed by atoms with Crippen molar-refractivity contribution in [1.82, 2.24) is 4.98 Å². The predicted octanol–water partition coefficient (Wildman–Crippen LogP) is 6.57. The van der Waals surface area contributed by atoms with Gasteiger partial charge in [0.05, 0.1) is 29.0 Å². The fourth-order valence-electron chi connectivity index (χ4n) is 4.76. The quantitative estimate of drug-likeness (QED) is 0.168. The Morgan fingerprint density at radius 1 is 1.00 bits per heavy atom. The number of carboxylic acids is 1. The van der Waals surface area contributed by atoms with E-state index >= 15 is 0 Å². The number of aliphatic hydroxyl groups excluding tert-OH is 1. The molecule has 1 amide bonds. The highest BCUT2D eigenvalue weighted by Gasteiger charge is 2.38. The van der Waals surface area contributed by atoms with Crippen molar-refractivity contribution in [1.29, 1.82) is 0 Å². The number of nitrogens with one attached hydrogen (secondary N) is 1. The third-order valence-corrected chi connectivity index (χ3v) is 9.27. The third-order valence-electron chi connectivity index (χ3n) is 7.01. The van der Waals surface area contributed by atoms with Crippen LogP contribution in [0.15, 0.2) is 77.1 Å². The molecule has 1 aliphatic heterocycles. The van der Waals surface area contributed by atoms with Gasteiger partial charge in [-0.3, -0.25) is 9.59 Å². The van der Waals surface area contributed by atoms with Gasteiger partial charge in [0, 0.05) is 35.8 Å². The third kappa shape index (κ3) is 7.52. The topological polar surface area (TPSA) is 118 Å². The number of anilines is 1. The lowest BCUT2D eigenvalue weighted by Gasteiger charge is -2.41. The summed E-state index contributed by atoms with van der Waals surface area (Å²) < 4.78 is 15.2. The summed E-state index contributed by atoms with van der Waals surface area (Å²) in [6.45, 7) is 2.10. The molecule has 3 aromatic carbocycles. The number of aromatic nitrogens is 1. The van der Waals surface area contributed by atoms with Crippen LogP contribution in [0.25, 0.3) is 10.2 Å². The number of aliphatic carboxylic acids is 1. The minimum atomic E-state index is -0.919. The van der Waals surface area contributed by atoms with Crippen LogP contribution >= 0.6 is 23.1 Å². The van der Waals surface area contributed by atoms with E-state index in [2.05, 4.69) is 18.3 Å². The second kappa shape index (κ2) is 13.6. The van der Waals surface area contributed by atoms with E-state index in [4.69, 9.17) is 19.6 Å². The van der Waals surface area contributed by atoms with E-state index in [0.717, 1.165) is 31.2 Å². The Morgan fingerprint density at radius 2 is 1.80 bits per heavy atom. The molecule has 10 heteroatoms. The highest BCUT2D eigenvalue weighted by molar-refractivity contribution is 8.01. The van der Waals surface area contributed by atoms with Crippen LogP contribution in [-0.2, 0) is 25.7 Å². The maximum Gasteiger partial charge on any atom is 0.303 e. The molecule has 1 aliphatic rings. The molecule has 5 rings (SSSR count). The molecule has 1 aromatic heterocycles. The van der Waals surface area contributed by atoms with Crippen LogP contribution < -0.4 is 5.32 Å². The Bertz CT molecular complexity index is 1460. The summed E-state index contributed by atoms with van der Waals surface area (Å²) in [5.41, 5.74) is 4.19. The van der Waals surface area contributed by atoms with Gasteiger partial charge in [0.15, 0.2) is 10.6 Å². The Hall–Kier alpha value is -3.28. The van der Waals surface area contributed by atoms with Gasteiger partial charge in [-0.1, -0.05) is 67.2 Å². The van der Waals surface area contributed by atoms with Crippen molar-refractivity contribution < 1.29 is 29.3 Å². The Kier molecular flexibility index (Phi) is 9.68. The second-order valence-electron chi connectivity index (χ2n) is 10.0. The zero-order chi connectivity index (χ0) is 28.8. The molecular formula is C31H32N2O6S2. The summed E-state index contributed by atoms with van der Waals surface area (Å²) in [5.74, 6) is -0.441. The zero-order valence-electron chi connectivity index (χ0n) is 22.6. The first-order valence-electron chi connectivity index (χ1n) is 13.5. The average molecular weight is 593 g/mol. The fourth-order valence-corrected chi connectivity index (χ4v) is 7.02. The van der Waals surface area contributed by atoms with Gasteiger partial charge >= 0.3 is 5.97 Å². The number of carbonyl (C=O) groups excluding carboxylic acids is 1. The van der Waals surface area contributed by atoms with E-state index in [1.54, 1.807) is 29.2 Å². The van der Waals surface area contributed by atoms with Crippen molar-refractivity contribution in [3.63, 3.8) is 0 Å². The van der Waals surface area contributed by atoms with Crippen LogP contribution in [-0.4, -0.2) is 38.9 Å². The molecule has 3 N–H and O–H groups in total. The van der Waals surface area contributed by atoms with Crippen LogP contribution in [0.3, 0.4) is 0 Å². The number of ether oxygens (including phenoxy) is 2. The van der Waals surface area contributed by atoms with E-state index in [1.807, 2.05) is 60.7 Å². The first kappa shape index (κ1) is 29.2. The van der Waals surface area contributed by atoms with Crippen molar-refractivity contribution >= 4 is 50.9 Å². The maximum atomic E-state index is 12.4. The molecule has 0 aliphatic carbocycles. The Morgan fingerprint density at radius 3 is 2.56 bits per heavy atom. The molecule has 4 aromatic rings. The molecule has 0 radical (unpaired) electrons. The zero-order valence-corrected chi connectivity index (χ0v) is 24.2. The van der Waals surface area contributed by atoms with Crippen molar-refractivity contribution in [3.8, 4) is 0 Å². The number of nitrogens with zero attached hydrogens (tertiary/aromatic N) is 1. The standard InChI is InChI=1S/C31H32N2O6S2/c1-19-25(18-40-31-33-24-8-2-3-9-26(24)41-31)38-30(39-29(19)21-14-12-20(17-34)13-15-21)22-6-4-7-23(16-22)32-27(35)10-5-11-28(36)37/h2-4,6-9,12-16,19,25,29-30,34H,5,10-11,17-18H2,1H3,(H,32,35)(H,36,37)/t19-,25+,29+,30+/m0/s1. The van der Waals surface area contributed by atoms with Gasteiger partial charge in [0.2, 0.25) is 5.91 Å². The SMILES string of the molecule is C[C@H]1[C@@H](CSc2nc3ccccc3s2)O[C@@H](c2cccc(NC(=O)CCCC(=O)O)c2)O[C@H]1c1ccc(CO)cc1. The van der Waals surface area contributed by atoms with Gasteiger partial charge in [0.1, 0.15) is 0 Å². The summed E-state index contributed by atoms with van der Waals surface area (Å²) in [6.07, 6.45) is -0.718. The molecule has 0 unspecified atom stereocenters. The molecule has 1 saturated heterocycles. The van der Waals surface area contributed by atoms with E-state index in [0.29, 0.717) is 11.4 Å². The summed E-state index contributed by atoms with van der Waals surface area (Å²) in [4.78, 5) is 27.9. The van der Waals surface area contributed by atoms with Gasteiger partial charge in [0.25, 0.3) is 0 Å². The van der Waals surface area contributed by atoms with Crippen LogP contribution in [0.1, 0.15) is 55.3 Å².